The molecule has 1 aromatic carbocycles. The average molecular weight is 388 g/mol. The van der Waals surface area contributed by atoms with Crippen molar-refractivity contribution in [3.05, 3.63) is 28.6 Å². The van der Waals surface area contributed by atoms with Crippen molar-refractivity contribution in [3.8, 4) is 0 Å². The van der Waals surface area contributed by atoms with Gasteiger partial charge in [0.15, 0.2) is 5.58 Å². The smallest absolute Gasteiger partial charge is 0.215 e. The van der Waals surface area contributed by atoms with Crippen molar-refractivity contribution in [2.75, 3.05) is 19.6 Å². The molecule has 0 saturated carbocycles. The van der Waals surface area contributed by atoms with Gasteiger partial charge in [-0.15, -0.1) is 0 Å². The lowest BCUT2D eigenvalue weighted by atomic mass is 10.3. The van der Waals surface area contributed by atoms with Crippen molar-refractivity contribution in [2.24, 2.45) is 0 Å². The second kappa shape index (κ2) is 6.27. The number of benzene rings is 1. The largest absolute Gasteiger partial charge is 0.439 e. The molecule has 8 heteroatoms. The van der Waals surface area contributed by atoms with Crippen LogP contribution in [0, 0.1) is 0 Å². The fraction of sp³-hybridized carbons (Fsp3) is 0.500. The summed E-state index contributed by atoms with van der Waals surface area (Å²) in [5.41, 5.74) is 1.55. The Kier molecular flexibility index (Phi) is 4.54. The number of aromatic nitrogens is 1. The summed E-state index contributed by atoms with van der Waals surface area (Å²) in [6.07, 6.45) is 0.640. The van der Waals surface area contributed by atoms with Gasteiger partial charge in [-0.2, -0.15) is 0 Å². The molecule has 0 amide bonds. The van der Waals surface area contributed by atoms with Crippen LogP contribution in [0.2, 0.25) is 0 Å². The normalized spacial score (nSPS) is 20.0. The lowest BCUT2D eigenvalue weighted by Gasteiger charge is -2.14. The fourth-order valence-electron chi connectivity index (χ4n) is 2.72. The molecule has 0 unspecified atom stereocenters. The molecule has 2 heterocycles. The molecule has 1 fully saturated rings. The van der Waals surface area contributed by atoms with Crippen molar-refractivity contribution >= 4 is 37.1 Å². The van der Waals surface area contributed by atoms with Gasteiger partial charge in [0.05, 0.1) is 11.8 Å². The molecule has 3 rings (SSSR count). The minimum atomic E-state index is -3.21. The quantitative estimate of drug-likeness (QED) is 0.849. The Balaban J connectivity index is 1.69. The first-order valence-electron chi connectivity index (χ1n) is 7.24. The van der Waals surface area contributed by atoms with E-state index in [9.17, 15) is 8.42 Å². The van der Waals surface area contributed by atoms with Gasteiger partial charge in [-0.1, -0.05) is 22.9 Å². The van der Waals surface area contributed by atoms with Gasteiger partial charge in [0.1, 0.15) is 5.52 Å². The van der Waals surface area contributed by atoms with E-state index in [2.05, 4.69) is 30.5 Å². The molecule has 1 atom stereocenters. The SMILES string of the molecule is CCNS(=O)(=O)[C@@H]1CCN(Cc2nc3ccc(Br)cc3o2)C1. The maximum Gasteiger partial charge on any atom is 0.215 e. The van der Waals surface area contributed by atoms with Crippen molar-refractivity contribution in [1.29, 1.82) is 0 Å². The Bertz CT molecular complexity index is 775. The third-order valence-electron chi connectivity index (χ3n) is 3.77. The predicted octanol–water partition coefficient (Wildman–Crippen LogP) is 2.10. The molecule has 0 bridgehead atoms. The molecule has 1 aromatic heterocycles. The highest BCUT2D eigenvalue weighted by Gasteiger charge is 2.33. The van der Waals surface area contributed by atoms with Crippen molar-refractivity contribution in [2.45, 2.75) is 25.1 Å². The summed E-state index contributed by atoms with van der Waals surface area (Å²) in [7, 11) is -3.21. The zero-order valence-corrected chi connectivity index (χ0v) is 14.7. The van der Waals surface area contributed by atoms with Crippen LogP contribution >= 0.6 is 15.9 Å². The minimum Gasteiger partial charge on any atom is -0.439 e. The molecule has 0 aliphatic carbocycles. The van der Waals surface area contributed by atoms with Crippen LogP contribution in [0.3, 0.4) is 0 Å². The molecule has 120 valence electrons. The van der Waals surface area contributed by atoms with Crippen LogP contribution in [-0.4, -0.2) is 43.2 Å². The van der Waals surface area contributed by atoms with E-state index in [1.165, 1.54) is 0 Å². The highest BCUT2D eigenvalue weighted by atomic mass is 79.9. The summed E-state index contributed by atoms with van der Waals surface area (Å²) in [5.74, 6) is 0.620. The molecule has 6 nitrogen and oxygen atoms in total. The van der Waals surface area contributed by atoms with Crippen molar-refractivity contribution in [3.63, 3.8) is 0 Å². The van der Waals surface area contributed by atoms with E-state index in [0.717, 1.165) is 22.1 Å². The summed E-state index contributed by atoms with van der Waals surface area (Å²) in [4.78, 5) is 6.52. The molecule has 1 saturated heterocycles. The van der Waals surface area contributed by atoms with Crippen LogP contribution in [0.15, 0.2) is 27.1 Å². The van der Waals surface area contributed by atoms with Crippen LogP contribution in [0.4, 0.5) is 0 Å². The van der Waals surface area contributed by atoms with E-state index < -0.39 is 10.0 Å². The zero-order chi connectivity index (χ0) is 15.7. The number of rotatable bonds is 5. The number of halogens is 1. The van der Waals surface area contributed by atoms with Crippen LogP contribution in [-0.2, 0) is 16.6 Å². The maximum atomic E-state index is 12.0. The average Bonchev–Trinajstić information content (AvgIpc) is 3.05. The molecule has 0 radical (unpaired) electrons. The molecule has 1 N–H and O–H groups in total. The third kappa shape index (κ3) is 3.34. The molecular formula is C14H18BrN3O3S. The predicted molar refractivity (Wildman–Crippen MR) is 88.0 cm³/mol. The Morgan fingerprint density at radius 3 is 3.09 bits per heavy atom. The van der Waals surface area contributed by atoms with Gasteiger partial charge in [0, 0.05) is 24.1 Å². The second-order valence-electron chi connectivity index (χ2n) is 5.41. The summed E-state index contributed by atoms with van der Waals surface area (Å²) in [6, 6.07) is 5.70. The summed E-state index contributed by atoms with van der Waals surface area (Å²) in [6.45, 7) is 4.00. The summed E-state index contributed by atoms with van der Waals surface area (Å²) >= 11 is 3.40. The van der Waals surface area contributed by atoms with Crippen LogP contribution in [0.1, 0.15) is 19.2 Å². The standard InChI is InChI=1S/C14H18BrN3O3S/c1-2-16-22(19,20)11-5-6-18(8-11)9-14-17-12-4-3-10(15)7-13(12)21-14/h3-4,7,11,16H,2,5-6,8-9H2,1H3/t11-/m1/s1. The summed E-state index contributed by atoms with van der Waals surface area (Å²) in [5, 5.41) is -0.356. The van der Waals surface area contributed by atoms with Gasteiger partial charge in [0.2, 0.25) is 15.9 Å². The lowest BCUT2D eigenvalue weighted by Crippen LogP contribution is -2.36. The molecular weight excluding hydrogens is 370 g/mol. The van der Waals surface area contributed by atoms with Gasteiger partial charge in [-0.05, 0) is 24.6 Å². The Morgan fingerprint density at radius 1 is 1.50 bits per heavy atom. The maximum absolute atomic E-state index is 12.0. The van der Waals surface area contributed by atoms with E-state index in [0.29, 0.717) is 31.9 Å². The number of nitrogens with one attached hydrogen (secondary N) is 1. The minimum absolute atomic E-state index is 0.356. The number of likely N-dealkylation sites (tertiary alicyclic amines) is 1. The Labute approximate surface area is 138 Å². The number of hydrogen-bond acceptors (Lipinski definition) is 5. The molecule has 1 aliphatic rings. The Morgan fingerprint density at radius 2 is 2.32 bits per heavy atom. The first kappa shape index (κ1) is 15.9. The molecule has 1 aliphatic heterocycles. The van der Waals surface area contributed by atoms with E-state index in [1.807, 2.05) is 18.2 Å². The highest BCUT2D eigenvalue weighted by molar-refractivity contribution is 9.10. The fourth-order valence-corrected chi connectivity index (χ4v) is 4.52. The molecule has 0 spiro atoms. The lowest BCUT2D eigenvalue weighted by molar-refractivity contribution is 0.295. The summed E-state index contributed by atoms with van der Waals surface area (Å²) < 4.78 is 33.3. The van der Waals surface area contributed by atoms with Crippen molar-refractivity contribution < 1.29 is 12.8 Å². The second-order valence-corrected chi connectivity index (χ2v) is 8.37. The number of hydrogen-bond donors (Lipinski definition) is 1. The molecule has 22 heavy (non-hydrogen) atoms. The number of nitrogens with zero attached hydrogens (tertiary/aromatic N) is 2. The monoisotopic (exact) mass is 387 g/mol. The van der Waals surface area contributed by atoms with E-state index in [4.69, 9.17) is 4.42 Å². The van der Waals surface area contributed by atoms with Gasteiger partial charge < -0.3 is 4.42 Å². The number of fused-ring (bicyclic) bond motifs is 1. The first-order chi connectivity index (χ1) is 10.5. The van der Waals surface area contributed by atoms with Gasteiger partial charge in [-0.25, -0.2) is 18.1 Å². The van der Waals surface area contributed by atoms with E-state index >= 15 is 0 Å². The molecule has 2 aromatic rings. The first-order valence-corrected chi connectivity index (χ1v) is 9.57. The van der Waals surface area contributed by atoms with Gasteiger partial charge in [0.25, 0.3) is 0 Å². The van der Waals surface area contributed by atoms with E-state index in [1.54, 1.807) is 6.92 Å². The zero-order valence-electron chi connectivity index (χ0n) is 12.3. The van der Waals surface area contributed by atoms with Crippen LogP contribution < -0.4 is 4.72 Å². The van der Waals surface area contributed by atoms with E-state index in [-0.39, 0.29) is 5.25 Å². The van der Waals surface area contributed by atoms with Crippen LogP contribution in [0.25, 0.3) is 11.1 Å². The van der Waals surface area contributed by atoms with Gasteiger partial charge in [-0.3, -0.25) is 4.90 Å². The van der Waals surface area contributed by atoms with Gasteiger partial charge >= 0.3 is 0 Å². The van der Waals surface area contributed by atoms with Crippen LogP contribution in [0.5, 0.6) is 0 Å². The van der Waals surface area contributed by atoms with Crippen molar-refractivity contribution in [1.82, 2.24) is 14.6 Å². The number of oxazole rings is 1. The highest BCUT2D eigenvalue weighted by Crippen LogP contribution is 2.23. The topological polar surface area (TPSA) is 75.4 Å². The number of sulfonamides is 1. The third-order valence-corrected chi connectivity index (χ3v) is 6.21. The Hall–Kier alpha value is -0.960.